The van der Waals surface area contributed by atoms with Crippen LogP contribution < -0.4 is 4.90 Å². The molecule has 4 heteroatoms. The highest BCUT2D eigenvalue weighted by Gasteiger charge is 2.24. The Hall–Kier alpha value is -1.73. The molecule has 1 aliphatic rings. The normalized spacial score (nSPS) is 14.2. The van der Waals surface area contributed by atoms with E-state index in [1.165, 1.54) is 12.8 Å². The molecule has 0 spiro atoms. The van der Waals surface area contributed by atoms with Crippen LogP contribution in [0.2, 0.25) is 0 Å². The average Bonchev–Trinajstić information content (AvgIpc) is 3.20. The lowest BCUT2D eigenvalue weighted by Crippen LogP contribution is -2.26. The molecule has 0 aliphatic heterocycles. The fourth-order valence-corrected chi connectivity index (χ4v) is 2.67. The van der Waals surface area contributed by atoms with E-state index in [0.717, 1.165) is 34.3 Å². The van der Waals surface area contributed by atoms with Crippen LogP contribution in [-0.4, -0.2) is 24.2 Å². The summed E-state index contributed by atoms with van der Waals surface area (Å²) in [6.45, 7) is 1.56. The Kier molecular flexibility index (Phi) is 4.86. The van der Waals surface area contributed by atoms with Gasteiger partial charge in [0.1, 0.15) is 0 Å². The molecule has 2 rings (SSSR count). The van der Waals surface area contributed by atoms with Crippen molar-refractivity contribution in [1.29, 1.82) is 0 Å². The van der Waals surface area contributed by atoms with Gasteiger partial charge in [-0.3, -0.25) is 0 Å². The van der Waals surface area contributed by atoms with E-state index >= 15 is 0 Å². The molecule has 0 radical (unpaired) electrons. The van der Waals surface area contributed by atoms with E-state index in [9.17, 15) is 4.79 Å². The smallest absolute Gasteiger partial charge is 0.328 e. The molecule has 1 N–H and O–H groups in total. The van der Waals surface area contributed by atoms with Crippen molar-refractivity contribution in [2.24, 2.45) is 5.92 Å². The van der Waals surface area contributed by atoms with Crippen LogP contribution in [0.3, 0.4) is 0 Å². The summed E-state index contributed by atoms with van der Waals surface area (Å²) in [4.78, 5) is 12.7. The van der Waals surface area contributed by atoms with Crippen molar-refractivity contribution in [2.75, 3.05) is 18.0 Å². The number of anilines is 1. The highest BCUT2D eigenvalue weighted by atomic mass is 79.9. The average molecular weight is 334 g/mol. The Bertz CT molecular complexity index is 570. The number of hydrogen-bond acceptors (Lipinski definition) is 2. The zero-order chi connectivity index (χ0) is 14.5. The number of halogens is 1. The van der Waals surface area contributed by atoms with E-state index in [1.807, 2.05) is 18.2 Å². The van der Waals surface area contributed by atoms with Gasteiger partial charge in [0.25, 0.3) is 0 Å². The number of hydrogen-bond donors (Lipinski definition) is 1. The van der Waals surface area contributed by atoms with Crippen LogP contribution in [0.25, 0.3) is 6.08 Å². The molecule has 0 heterocycles. The highest BCUT2D eigenvalue weighted by molar-refractivity contribution is 9.10. The van der Waals surface area contributed by atoms with Crippen LogP contribution in [0, 0.1) is 18.3 Å². The van der Waals surface area contributed by atoms with Crippen LogP contribution in [0.5, 0.6) is 0 Å². The lowest BCUT2D eigenvalue weighted by atomic mass is 10.1. The minimum atomic E-state index is -0.951. The molecule has 0 amide bonds. The van der Waals surface area contributed by atoms with Gasteiger partial charge in [0.2, 0.25) is 0 Å². The van der Waals surface area contributed by atoms with Crippen molar-refractivity contribution in [3.8, 4) is 12.3 Å². The zero-order valence-corrected chi connectivity index (χ0v) is 12.6. The third kappa shape index (κ3) is 4.14. The molecular formula is C16H16BrNO2. The summed E-state index contributed by atoms with van der Waals surface area (Å²) in [5.74, 6) is 2.50. The summed E-state index contributed by atoms with van der Waals surface area (Å²) in [7, 11) is 0. The van der Waals surface area contributed by atoms with Gasteiger partial charge in [0.15, 0.2) is 0 Å². The third-order valence-corrected chi connectivity index (χ3v) is 3.82. The maximum atomic E-state index is 10.5. The molecule has 0 bridgehead atoms. The van der Waals surface area contributed by atoms with Crippen molar-refractivity contribution in [3.63, 3.8) is 0 Å². The van der Waals surface area contributed by atoms with Crippen molar-refractivity contribution < 1.29 is 9.90 Å². The summed E-state index contributed by atoms with van der Waals surface area (Å²) < 4.78 is 0.931. The van der Waals surface area contributed by atoms with E-state index in [2.05, 4.69) is 26.8 Å². The SMILES string of the molecule is C#CCN(CC1CC1)c1ccc(/C=C/C(=O)O)cc1Br. The van der Waals surface area contributed by atoms with Gasteiger partial charge in [-0.1, -0.05) is 12.0 Å². The molecule has 1 fully saturated rings. The van der Waals surface area contributed by atoms with Crippen molar-refractivity contribution >= 4 is 33.7 Å². The largest absolute Gasteiger partial charge is 0.478 e. The van der Waals surface area contributed by atoms with Crippen molar-refractivity contribution in [1.82, 2.24) is 0 Å². The maximum Gasteiger partial charge on any atom is 0.328 e. The van der Waals surface area contributed by atoms with Crippen LogP contribution in [-0.2, 0) is 4.79 Å². The van der Waals surface area contributed by atoms with E-state index < -0.39 is 5.97 Å². The maximum absolute atomic E-state index is 10.5. The molecule has 1 aromatic carbocycles. The molecule has 20 heavy (non-hydrogen) atoms. The Balaban J connectivity index is 2.18. The summed E-state index contributed by atoms with van der Waals surface area (Å²) >= 11 is 3.54. The van der Waals surface area contributed by atoms with Crippen LogP contribution in [0.15, 0.2) is 28.7 Å². The molecule has 1 aromatic rings. The van der Waals surface area contributed by atoms with Crippen molar-refractivity contribution in [3.05, 3.63) is 34.3 Å². The Morgan fingerprint density at radius 2 is 2.30 bits per heavy atom. The fourth-order valence-electron chi connectivity index (χ4n) is 2.02. The standard InChI is InChI=1S/C16H16BrNO2/c1-2-9-18(11-13-3-4-13)15-7-5-12(10-14(15)17)6-8-16(19)20/h1,5-8,10,13H,3-4,9,11H2,(H,19,20)/b8-6+. The predicted molar refractivity (Wildman–Crippen MR) is 84.6 cm³/mol. The molecule has 104 valence electrons. The van der Waals surface area contributed by atoms with Gasteiger partial charge < -0.3 is 10.0 Å². The topological polar surface area (TPSA) is 40.5 Å². The molecule has 0 atom stereocenters. The number of carboxylic acid groups (broad SMARTS) is 1. The van der Waals surface area contributed by atoms with E-state index in [0.29, 0.717) is 6.54 Å². The number of rotatable bonds is 6. The summed E-state index contributed by atoms with van der Waals surface area (Å²) in [5, 5.41) is 8.63. The molecule has 0 saturated heterocycles. The predicted octanol–water partition coefficient (Wildman–Crippen LogP) is 3.40. The van der Waals surface area contributed by atoms with E-state index in [1.54, 1.807) is 6.08 Å². The molecule has 0 aromatic heterocycles. The minimum absolute atomic E-state index is 0.583. The second-order valence-electron chi connectivity index (χ2n) is 4.91. The molecule has 0 unspecified atom stereocenters. The first-order valence-electron chi connectivity index (χ1n) is 6.49. The first kappa shape index (κ1) is 14.7. The van der Waals surface area contributed by atoms with Gasteiger partial charge in [-0.2, -0.15) is 0 Å². The Morgan fingerprint density at radius 1 is 1.55 bits per heavy atom. The van der Waals surface area contributed by atoms with Crippen molar-refractivity contribution in [2.45, 2.75) is 12.8 Å². The number of carbonyl (C=O) groups is 1. The lowest BCUT2D eigenvalue weighted by Gasteiger charge is -2.23. The number of carboxylic acids is 1. The monoisotopic (exact) mass is 333 g/mol. The summed E-state index contributed by atoms with van der Waals surface area (Å²) in [5.41, 5.74) is 1.90. The second kappa shape index (κ2) is 6.62. The minimum Gasteiger partial charge on any atom is -0.478 e. The molecule has 3 nitrogen and oxygen atoms in total. The lowest BCUT2D eigenvalue weighted by molar-refractivity contribution is -0.131. The van der Waals surface area contributed by atoms with E-state index in [4.69, 9.17) is 11.5 Å². The number of aliphatic carboxylic acids is 1. The third-order valence-electron chi connectivity index (χ3n) is 3.19. The first-order valence-corrected chi connectivity index (χ1v) is 7.28. The van der Waals surface area contributed by atoms with Gasteiger partial charge in [-0.25, -0.2) is 4.79 Å². The second-order valence-corrected chi connectivity index (χ2v) is 5.76. The number of nitrogens with zero attached hydrogens (tertiary/aromatic N) is 1. The fraction of sp³-hybridized carbons (Fsp3) is 0.312. The van der Waals surface area contributed by atoms with Gasteiger partial charge in [-0.05, 0) is 58.5 Å². The van der Waals surface area contributed by atoms with Crippen LogP contribution in [0.1, 0.15) is 18.4 Å². The molecular weight excluding hydrogens is 318 g/mol. The summed E-state index contributed by atoms with van der Waals surface area (Å²) in [6.07, 6.45) is 10.7. The van der Waals surface area contributed by atoms with Gasteiger partial charge in [0, 0.05) is 17.1 Å². The van der Waals surface area contributed by atoms with Crippen LogP contribution >= 0.6 is 15.9 Å². The number of benzene rings is 1. The van der Waals surface area contributed by atoms with E-state index in [-0.39, 0.29) is 0 Å². The quantitative estimate of drug-likeness (QED) is 0.640. The highest BCUT2D eigenvalue weighted by Crippen LogP contribution is 2.34. The van der Waals surface area contributed by atoms with Crippen LogP contribution in [0.4, 0.5) is 5.69 Å². The Labute approximate surface area is 127 Å². The molecule has 1 aliphatic carbocycles. The van der Waals surface area contributed by atoms with Gasteiger partial charge in [-0.15, -0.1) is 6.42 Å². The number of terminal acetylenes is 1. The summed E-state index contributed by atoms with van der Waals surface area (Å²) in [6, 6.07) is 5.78. The first-order chi connectivity index (χ1) is 9.60. The zero-order valence-electron chi connectivity index (χ0n) is 11.1. The molecule has 1 saturated carbocycles. The van der Waals surface area contributed by atoms with Gasteiger partial charge in [0.05, 0.1) is 12.2 Å². The van der Waals surface area contributed by atoms with Gasteiger partial charge >= 0.3 is 5.97 Å². The Morgan fingerprint density at radius 3 is 2.85 bits per heavy atom.